The van der Waals surface area contributed by atoms with E-state index in [1.165, 1.54) is 5.56 Å². The number of carbonyl (C=O) groups is 1. The minimum absolute atomic E-state index is 0.0541. The van der Waals surface area contributed by atoms with Crippen LogP contribution in [0.3, 0.4) is 0 Å². The number of aromatic nitrogens is 2. The number of benzene rings is 1. The van der Waals surface area contributed by atoms with E-state index in [0.717, 1.165) is 36.5 Å². The lowest BCUT2D eigenvalue weighted by molar-refractivity contribution is 0.0950. The normalized spacial score (nSPS) is 17.1. The highest BCUT2D eigenvalue weighted by atomic mass is 16.1. The van der Waals surface area contributed by atoms with Crippen molar-refractivity contribution in [3.05, 3.63) is 71.2 Å². The Bertz CT molecular complexity index is 909. The summed E-state index contributed by atoms with van der Waals surface area (Å²) in [7, 11) is 0. The Hall–Kier alpha value is -2.66. The number of pyridine rings is 1. The average Bonchev–Trinajstić information content (AvgIpc) is 3.30. The van der Waals surface area contributed by atoms with Crippen molar-refractivity contribution in [1.29, 1.82) is 0 Å². The van der Waals surface area contributed by atoms with Crippen LogP contribution in [0, 0.1) is 6.92 Å². The van der Waals surface area contributed by atoms with E-state index >= 15 is 0 Å². The molecular weight excluding hydrogens is 312 g/mol. The molecule has 0 bridgehead atoms. The predicted octanol–water partition coefficient (Wildman–Crippen LogP) is 2.65. The highest BCUT2D eigenvalue weighted by Crippen LogP contribution is 2.23. The van der Waals surface area contributed by atoms with Crippen LogP contribution in [0.15, 0.2) is 48.7 Å². The molecule has 1 amide bonds. The van der Waals surface area contributed by atoms with Gasteiger partial charge in [-0.1, -0.05) is 18.2 Å². The van der Waals surface area contributed by atoms with Crippen molar-refractivity contribution in [2.75, 3.05) is 13.1 Å². The largest absolute Gasteiger partial charge is 0.346 e. The molecule has 0 unspecified atom stereocenters. The lowest BCUT2D eigenvalue weighted by Crippen LogP contribution is -2.23. The molecule has 1 aliphatic rings. The Morgan fingerprint density at radius 2 is 2.20 bits per heavy atom. The maximum absolute atomic E-state index is 12.5. The molecule has 25 heavy (non-hydrogen) atoms. The molecule has 1 fully saturated rings. The van der Waals surface area contributed by atoms with Crippen molar-refractivity contribution < 1.29 is 4.79 Å². The van der Waals surface area contributed by atoms with Crippen LogP contribution in [0.5, 0.6) is 0 Å². The van der Waals surface area contributed by atoms with Gasteiger partial charge in [0.25, 0.3) is 5.91 Å². The molecule has 0 saturated carbocycles. The Morgan fingerprint density at radius 3 is 3.00 bits per heavy atom. The molecule has 5 heteroatoms. The lowest BCUT2D eigenvalue weighted by Gasteiger charge is -2.10. The van der Waals surface area contributed by atoms with E-state index in [2.05, 4.69) is 21.7 Å². The Labute approximate surface area is 147 Å². The molecule has 3 aromatic rings. The van der Waals surface area contributed by atoms with Crippen LogP contribution in [0.1, 0.15) is 39.6 Å². The van der Waals surface area contributed by atoms with Gasteiger partial charge in [-0.25, -0.2) is 4.98 Å². The zero-order valence-corrected chi connectivity index (χ0v) is 14.3. The minimum atomic E-state index is -0.0541. The highest BCUT2D eigenvalue weighted by Gasteiger charge is 2.17. The van der Waals surface area contributed by atoms with E-state index in [9.17, 15) is 4.79 Å². The van der Waals surface area contributed by atoms with Gasteiger partial charge in [0.2, 0.25) is 0 Å². The molecule has 1 aliphatic heterocycles. The van der Waals surface area contributed by atoms with Gasteiger partial charge in [-0.3, -0.25) is 4.79 Å². The summed E-state index contributed by atoms with van der Waals surface area (Å²) in [6.07, 6.45) is 3.11. The fourth-order valence-electron chi connectivity index (χ4n) is 3.43. The molecular formula is C20H22N4O. The van der Waals surface area contributed by atoms with Gasteiger partial charge < -0.3 is 15.0 Å². The van der Waals surface area contributed by atoms with E-state index in [1.54, 1.807) is 0 Å². The fraction of sp³-hybridized carbons (Fsp3) is 0.300. The summed E-state index contributed by atoms with van der Waals surface area (Å²) in [6, 6.07) is 14.0. The average molecular weight is 334 g/mol. The smallest absolute Gasteiger partial charge is 0.251 e. The van der Waals surface area contributed by atoms with Crippen molar-refractivity contribution in [2.24, 2.45) is 0 Å². The van der Waals surface area contributed by atoms with Gasteiger partial charge in [-0.05, 0) is 55.6 Å². The Morgan fingerprint density at radius 1 is 1.32 bits per heavy atom. The van der Waals surface area contributed by atoms with Crippen LogP contribution in [-0.2, 0) is 6.54 Å². The summed E-state index contributed by atoms with van der Waals surface area (Å²) in [5, 5.41) is 6.36. The second-order valence-electron chi connectivity index (χ2n) is 6.63. The molecule has 1 saturated heterocycles. The number of fused-ring (bicyclic) bond motifs is 1. The number of rotatable bonds is 4. The third kappa shape index (κ3) is 3.28. The van der Waals surface area contributed by atoms with E-state index in [1.807, 2.05) is 53.9 Å². The third-order valence-electron chi connectivity index (χ3n) is 4.86. The molecule has 2 aromatic heterocycles. The molecule has 4 rings (SSSR count). The monoisotopic (exact) mass is 334 g/mol. The number of imidazole rings is 1. The number of carbonyl (C=O) groups excluding carboxylic acids is 1. The molecule has 3 heterocycles. The third-order valence-corrected chi connectivity index (χ3v) is 4.86. The molecule has 0 aliphatic carbocycles. The van der Waals surface area contributed by atoms with Gasteiger partial charge in [0, 0.05) is 24.0 Å². The van der Waals surface area contributed by atoms with E-state index in [4.69, 9.17) is 0 Å². The zero-order valence-electron chi connectivity index (χ0n) is 14.3. The Kier molecular flexibility index (Phi) is 4.24. The maximum Gasteiger partial charge on any atom is 0.251 e. The van der Waals surface area contributed by atoms with Crippen LogP contribution in [0.4, 0.5) is 0 Å². The quantitative estimate of drug-likeness (QED) is 0.771. The number of amides is 1. The summed E-state index contributed by atoms with van der Waals surface area (Å²) < 4.78 is 2.04. The summed E-state index contributed by atoms with van der Waals surface area (Å²) >= 11 is 0. The van der Waals surface area contributed by atoms with Gasteiger partial charge >= 0.3 is 0 Å². The van der Waals surface area contributed by atoms with Crippen LogP contribution < -0.4 is 10.6 Å². The van der Waals surface area contributed by atoms with Gasteiger partial charge in [0.05, 0.1) is 12.2 Å². The van der Waals surface area contributed by atoms with Crippen molar-refractivity contribution in [1.82, 2.24) is 20.0 Å². The van der Waals surface area contributed by atoms with Gasteiger partial charge in [-0.15, -0.1) is 0 Å². The van der Waals surface area contributed by atoms with Crippen LogP contribution in [-0.4, -0.2) is 28.4 Å². The molecule has 2 N–H and O–H groups in total. The maximum atomic E-state index is 12.5. The van der Waals surface area contributed by atoms with E-state index in [0.29, 0.717) is 18.0 Å². The SMILES string of the molecule is Cc1cccc2nc(CNC(=O)c3cccc([C@H]4CCNC4)c3)cn12. The lowest BCUT2D eigenvalue weighted by atomic mass is 9.96. The molecule has 0 spiro atoms. The van der Waals surface area contributed by atoms with E-state index in [-0.39, 0.29) is 5.91 Å². The molecule has 0 radical (unpaired) electrons. The summed E-state index contributed by atoms with van der Waals surface area (Å²) in [6.45, 7) is 4.51. The molecule has 1 atom stereocenters. The number of hydrogen-bond donors (Lipinski definition) is 2. The molecule has 1 aromatic carbocycles. The van der Waals surface area contributed by atoms with Crippen molar-refractivity contribution in [3.8, 4) is 0 Å². The number of nitrogens with one attached hydrogen (secondary N) is 2. The van der Waals surface area contributed by atoms with Crippen LogP contribution in [0.2, 0.25) is 0 Å². The van der Waals surface area contributed by atoms with Crippen molar-refractivity contribution in [2.45, 2.75) is 25.8 Å². The second-order valence-corrected chi connectivity index (χ2v) is 6.63. The topological polar surface area (TPSA) is 58.4 Å². The first-order valence-electron chi connectivity index (χ1n) is 8.73. The summed E-state index contributed by atoms with van der Waals surface area (Å²) in [5.74, 6) is 0.454. The first kappa shape index (κ1) is 15.8. The molecule has 5 nitrogen and oxygen atoms in total. The standard InChI is InChI=1S/C20H22N4O/c1-14-4-2-7-19-23-18(13-24(14)19)12-22-20(25)16-6-3-5-15(10-16)17-8-9-21-11-17/h2-7,10,13,17,21H,8-9,11-12H2,1H3,(H,22,25)/t17-/m0/s1. The number of aryl methyl sites for hydroxylation is 1. The van der Waals surface area contributed by atoms with Gasteiger partial charge in [0.15, 0.2) is 0 Å². The predicted molar refractivity (Wildman–Crippen MR) is 97.8 cm³/mol. The van der Waals surface area contributed by atoms with Crippen LogP contribution in [0.25, 0.3) is 5.65 Å². The first-order valence-corrected chi connectivity index (χ1v) is 8.73. The van der Waals surface area contributed by atoms with Crippen LogP contribution >= 0.6 is 0 Å². The Balaban J connectivity index is 1.46. The van der Waals surface area contributed by atoms with Gasteiger partial charge in [-0.2, -0.15) is 0 Å². The minimum Gasteiger partial charge on any atom is -0.346 e. The number of nitrogens with zero attached hydrogens (tertiary/aromatic N) is 2. The zero-order chi connectivity index (χ0) is 17.2. The van der Waals surface area contributed by atoms with E-state index < -0.39 is 0 Å². The summed E-state index contributed by atoms with van der Waals surface area (Å²) in [5.41, 5.74) is 4.84. The second kappa shape index (κ2) is 6.69. The first-order chi connectivity index (χ1) is 12.2. The fourth-order valence-corrected chi connectivity index (χ4v) is 3.43. The summed E-state index contributed by atoms with van der Waals surface area (Å²) in [4.78, 5) is 17.1. The van der Waals surface area contributed by atoms with Gasteiger partial charge in [0.1, 0.15) is 5.65 Å². The highest BCUT2D eigenvalue weighted by molar-refractivity contribution is 5.94. The number of hydrogen-bond acceptors (Lipinski definition) is 3. The molecule has 128 valence electrons. The van der Waals surface area contributed by atoms with Crippen molar-refractivity contribution in [3.63, 3.8) is 0 Å². The van der Waals surface area contributed by atoms with Crippen molar-refractivity contribution >= 4 is 11.6 Å².